The summed E-state index contributed by atoms with van der Waals surface area (Å²) in [7, 11) is 0. The molecule has 1 aromatic heterocycles. The number of amidine groups is 1. The number of para-hydroxylation sites is 1. The number of carbonyl (C=O) groups excluding carboxylic acids is 1. The molecule has 1 saturated heterocycles. The van der Waals surface area contributed by atoms with Gasteiger partial charge in [0.25, 0.3) is 5.24 Å². The van der Waals surface area contributed by atoms with Gasteiger partial charge in [0.2, 0.25) is 0 Å². The molecule has 1 aliphatic heterocycles. The number of aliphatic imine (C=N–C) groups is 1. The topological polar surface area (TPSA) is 54.6 Å². The highest BCUT2D eigenvalue weighted by Gasteiger charge is 2.24. The number of benzene rings is 2. The zero-order chi connectivity index (χ0) is 18.8. The fourth-order valence-corrected chi connectivity index (χ4v) is 3.80. The third-order valence-electron chi connectivity index (χ3n) is 3.70. The first-order valence-electron chi connectivity index (χ1n) is 7.98. The van der Waals surface area contributed by atoms with E-state index in [2.05, 4.69) is 10.3 Å². The summed E-state index contributed by atoms with van der Waals surface area (Å²) >= 11 is 13.2. The monoisotopic (exact) mass is 414 g/mol. The van der Waals surface area contributed by atoms with E-state index < -0.39 is 0 Å². The molecule has 0 spiro atoms. The second-order valence-corrected chi connectivity index (χ2v) is 7.57. The van der Waals surface area contributed by atoms with Crippen LogP contribution < -0.4 is 5.32 Å². The quantitative estimate of drug-likeness (QED) is 0.513. The third kappa shape index (κ3) is 4.27. The van der Waals surface area contributed by atoms with Crippen LogP contribution in [-0.2, 0) is 0 Å². The highest BCUT2D eigenvalue weighted by molar-refractivity contribution is 8.18. The summed E-state index contributed by atoms with van der Waals surface area (Å²) < 4.78 is 5.87. The van der Waals surface area contributed by atoms with Gasteiger partial charge >= 0.3 is 0 Å². The molecule has 0 atom stereocenters. The van der Waals surface area contributed by atoms with Gasteiger partial charge in [-0.15, -0.1) is 0 Å². The molecule has 7 heteroatoms. The Balaban J connectivity index is 1.65. The first-order valence-corrected chi connectivity index (χ1v) is 9.55. The fraction of sp³-hybridized carbons (Fsp3) is 0. The smallest absolute Gasteiger partial charge is 0.289 e. The molecule has 0 aliphatic carbocycles. The van der Waals surface area contributed by atoms with Crippen molar-refractivity contribution in [2.24, 2.45) is 4.99 Å². The summed E-state index contributed by atoms with van der Waals surface area (Å²) in [6, 6.07) is 18.3. The molecule has 1 aliphatic rings. The molecule has 134 valence electrons. The van der Waals surface area contributed by atoms with Crippen molar-refractivity contribution in [1.29, 1.82) is 0 Å². The summed E-state index contributed by atoms with van der Waals surface area (Å²) in [6.45, 7) is 0. The Morgan fingerprint density at radius 1 is 1.00 bits per heavy atom. The summed E-state index contributed by atoms with van der Waals surface area (Å²) in [4.78, 5) is 17.0. The Bertz CT molecular complexity index is 1050. The van der Waals surface area contributed by atoms with Crippen LogP contribution in [0.15, 0.2) is 75.0 Å². The van der Waals surface area contributed by atoms with E-state index in [1.165, 1.54) is 0 Å². The number of rotatable bonds is 3. The van der Waals surface area contributed by atoms with E-state index in [1.807, 2.05) is 42.5 Å². The number of amides is 1. The van der Waals surface area contributed by atoms with Crippen LogP contribution in [0.1, 0.15) is 5.76 Å². The van der Waals surface area contributed by atoms with Crippen LogP contribution in [0.5, 0.6) is 0 Å². The average molecular weight is 415 g/mol. The molecule has 0 radical (unpaired) electrons. The van der Waals surface area contributed by atoms with E-state index in [0.29, 0.717) is 32.3 Å². The summed E-state index contributed by atoms with van der Waals surface area (Å²) in [6.07, 6.45) is 1.78. The Morgan fingerprint density at radius 2 is 1.74 bits per heavy atom. The van der Waals surface area contributed by atoms with E-state index in [4.69, 9.17) is 27.6 Å². The van der Waals surface area contributed by atoms with Gasteiger partial charge in [-0.1, -0.05) is 41.4 Å². The van der Waals surface area contributed by atoms with Gasteiger partial charge in [0.05, 0.1) is 10.6 Å². The summed E-state index contributed by atoms with van der Waals surface area (Å²) in [5.41, 5.74) is 1.54. The molecular weight excluding hydrogens is 403 g/mol. The SMILES string of the molecule is O=C1NC(=Nc2ccccc2)C(=Cc2ccc(-c3cc(Cl)cc(Cl)c3)o2)S1. The van der Waals surface area contributed by atoms with Crippen molar-refractivity contribution in [2.75, 3.05) is 0 Å². The van der Waals surface area contributed by atoms with Crippen LogP contribution in [0.2, 0.25) is 10.0 Å². The maximum Gasteiger partial charge on any atom is 0.289 e. The summed E-state index contributed by atoms with van der Waals surface area (Å²) in [5.74, 6) is 1.73. The molecule has 2 aromatic carbocycles. The lowest BCUT2D eigenvalue weighted by Gasteiger charge is -2.00. The maximum atomic E-state index is 11.8. The molecule has 4 nitrogen and oxygen atoms in total. The van der Waals surface area contributed by atoms with Crippen molar-refractivity contribution in [3.63, 3.8) is 0 Å². The average Bonchev–Trinajstić information content (AvgIpc) is 3.22. The number of carbonyl (C=O) groups is 1. The maximum absolute atomic E-state index is 11.8. The first kappa shape index (κ1) is 17.9. The molecule has 0 saturated carbocycles. The molecule has 1 amide bonds. The number of furan rings is 1. The number of nitrogens with one attached hydrogen (secondary N) is 1. The van der Waals surface area contributed by atoms with E-state index in [-0.39, 0.29) is 5.24 Å². The lowest BCUT2D eigenvalue weighted by molar-refractivity contribution is 0.265. The van der Waals surface area contributed by atoms with Gasteiger partial charge in [-0.25, -0.2) is 4.99 Å². The number of nitrogens with zero attached hydrogens (tertiary/aromatic N) is 1. The van der Waals surface area contributed by atoms with Crippen molar-refractivity contribution in [1.82, 2.24) is 5.32 Å². The van der Waals surface area contributed by atoms with Gasteiger partial charge in [-0.05, 0) is 60.3 Å². The lowest BCUT2D eigenvalue weighted by Crippen LogP contribution is -2.18. The van der Waals surface area contributed by atoms with Crippen LogP contribution in [-0.4, -0.2) is 11.1 Å². The van der Waals surface area contributed by atoms with Gasteiger partial charge in [-0.3, -0.25) is 4.79 Å². The lowest BCUT2D eigenvalue weighted by atomic mass is 10.2. The van der Waals surface area contributed by atoms with Crippen molar-refractivity contribution in [2.45, 2.75) is 0 Å². The van der Waals surface area contributed by atoms with Crippen molar-refractivity contribution < 1.29 is 9.21 Å². The number of hydrogen-bond acceptors (Lipinski definition) is 4. The van der Waals surface area contributed by atoms with Crippen LogP contribution in [0.4, 0.5) is 10.5 Å². The molecule has 1 N–H and O–H groups in total. The predicted octanol–water partition coefficient (Wildman–Crippen LogP) is 6.78. The number of halogens is 2. The Kier molecular flexibility index (Phi) is 5.07. The highest BCUT2D eigenvalue weighted by Crippen LogP contribution is 2.32. The second kappa shape index (κ2) is 7.64. The van der Waals surface area contributed by atoms with Gasteiger partial charge in [0.1, 0.15) is 17.4 Å². The minimum atomic E-state index is -0.177. The Morgan fingerprint density at radius 3 is 2.48 bits per heavy atom. The second-order valence-electron chi connectivity index (χ2n) is 5.68. The van der Waals surface area contributed by atoms with E-state index in [9.17, 15) is 4.79 Å². The predicted molar refractivity (Wildman–Crippen MR) is 112 cm³/mol. The molecular formula is C20H12Cl2N2O2S. The van der Waals surface area contributed by atoms with Gasteiger partial charge < -0.3 is 9.73 Å². The van der Waals surface area contributed by atoms with Crippen molar-refractivity contribution in [3.8, 4) is 11.3 Å². The van der Waals surface area contributed by atoms with Gasteiger partial charge in [0, 0.05) is 15.6 Å². The molecule has 2 heterocycles. The van der Waals surface area contributed by atoms with Crippen LogP contribution in [0, 0.1) is 0 Å². The Labute approximate surface area is 169 Å². The first-order chi connectivity index (χ1) is 13.1. The third-order valence-corrected chi connectivity index (χ3v) is 4.96. The highest BCUT2D eigenvalue weighted by atomic mass is 35.5. The zero-order valence-electron chi connectivity index (χ0n) is 13.8. The van der Waals surface area contributed by atoms with Crippen LogP contribution >= 0.6 is 35.0 Å². The van der Waals surface area contributed by atoms with Crippen LogP contribution in [0.3, 0.4) is 0 Å². The minimum Gasteiger partial charge on any atom is -0.457 e. The largest absolute Gasteiger partial charge is 0.457 e. The normalized spacial score (nSPS) is 16.9. The van der Waals surface area contributed by atoms with E-state index in [0.717, 1.165) is 23.0 Å². The standard InChI is InChI=1S/C20H12Cl2N2O2S/c21-13-8-12(9-14(22)10-13)17-7-6-16(26-17)11-18-19(24-20(25)27-18)23-15-4-2-1-3-5-15/h1-11H,(H,23,24,25). The van der Waals surface area contributed by atoms with Gasteiger partial charge in [-0.2, -0.15) is 0 Å². The molecule has 1 fully saturated rings. The van der Waals surface area contributed by atoms with Crippen molar-refractivity contribution in [3.05, 3.63) is 81.4 Å². The molecule has 4 rings (SSSR count). The number of hydrogen-bond donors (Lipinski definition) is 1. The molecule has 0 bridgehead atoms. The Hall–Kier alpha value is -2.47. The van der Waals surface area contributed by atoms with Crippen LogP contribution in [0.25, 0.3) is 17.4 Å². The van der Waals surface area contributed by atoms with Crippen molar-refractivity contribution >= 4 is 57.8 Å². The fourth-order valence-electron chi connectivity index (χ4n) is 2.56. The molecule has 0 unspecified atom stereocenters. The molecule has 27 heavy (non-hydrogen) atoms. The number of thioether (sulfide) groups is 1. The van der Waals surface area contributed by atoms with E-state index in [1.54, 1.807) is 24.3 Å². The van der Waals surface area contributed by atoms with E-state index >= 15 is 0 Å². The molecule has 3 aromatic rings. The summed E-state index contributed by atoms with van der Waals surface area (Å²) in [5, 5.41) is 3.65. The van der Waals surface area contributed by atoms with Gasteiger partial charge in [0.15, 0.2) is 0 Å². The zero-order valence-corrected chi connectivity index (χ0v) is 16.1. The minimum absolute atomic E-state index is 0.177.